The zero-order valence-corrected chi connectivity index (χ0v) is 27.7. The molecule has 3 heterocycles. The van der Waals surface area contributed by atoms with Crippen molar-refractivity contribution < 1.29 is 4.79 Å². The van der Waals surface area contributed by atoms with Gasteiger partial charge in [0.25, 0.3) is 11.5 Å². The van der Waals surface area contributed by atoms with Gasteiger partial charge in [-0.25, -0.2) is 0 Å². The molecule has 0 atom stereocenters. The van der Waals surface area contributed by atoms with Crippen LogP contribution in [0.5, 0.6) is 0 Å². The molecule has 6 nitrogen and oxygen atoms in total. The molecule has 1 aromatic heterocycles. The number of nitrogens with zero attached hydrogens (tertiary/aromatic N) is 4. The summed E-state index contributed by atoms with van der Waals surface area (Å²) in [5.74, 6) is 1.35. The van der Waals surface area contributed by atoms with Crippen molar-refractivity contribution >= 4 is 46.1 Å². The third-order valence-corrected chi connectivity index (χ3v) is 10.1. The number of rotatable bonds is 14. The average molecular weight is 619 g/mol. The molecule has 2 aliphatic heterocycles. The smallest absolute Gasteiger partial charge is 0.270 e. The van der Waals surface area contributed by atoms with Gasteiger partial charge in [0, 0.05) is 31.7 Å². The number of benzene rings is 1. The molecule has 0 spiro atoms. The predicted octanol–water partition coefficient (Wildman–Crippen LogP) is 7.85. The van der Waals surface area contributed by atoms with Crippen molar-refractivity contribution in [2.75, 3.05) is 24.5 Å². The van der Waals surface area contributed by atoms with E-state index in [1.807, 2.05) is 13.0 Å². The number of nitriles is 1. The van der Waals surface area contributed by atoms with Crippen LogP contribution in [0.4, 0.5) is 5.82 Å². The Kier molecular flexibility index (Phi) is 12.5. The van der Waals surface area contributed by atoms with Crippen LogP contribution in [0.2, 0.25) is 0 Å². The van der Waals surface area contributed by atoms with E-state index in [4.69, 9.17) is 12.2 Å². The van der Waals surface area contributed by atoms with E-state index in [-0.39, 0.29) is 17.0 Å². The standard InChI is InChI=1S/C35H46N4O2S2/c1-4-6-8-9-10-14-20-39-34(41)31(43-35(39)42)24-29-26(3)30(25-36)33(40)38(19-7-5-2)32(29)37-21-17-28(18-22-37)23-27-15-12-11-13-16-27/h11-13,15-16,24,28H,4-10,14,17-23H2,1-3H3/b31-24+. The Labute approximate surface area is 267 Å². The molecule has 2 aliphatic rings. The number of unbranched alkanes of at least 4 members (excludes halogenated alkanes) is 6. The molecule has 43 heavy (non-hydrogen) atoms. The molecule has 1 aromatic carbocycles. The molecule has 0 saturated carbocycles. The van der Waals surface area contributed by atoms with Gasteiger partial charge < -0.3 is 4.90 Å². The third kappa shape index (κ3) is 8.19. The van der Waals surface area contributed by atoms with E-state index in [0.29, 0.717) is 33.8 Å². The number of aromatic nitrogens is 1. The molecule has 8 heteroatoms. The van der Waals surface area contributed by atoms with Gasteiger partial charge in [-0.15, -0.1) is 0 Å². The highest BCUT2D eigenvalue weighted by Crippen LogP contribution is 2.37. The van der Waals surface area contributed by atoms with E-state index >= 15 is 0 Å². The molecule has 0 bridgehead atoms. The molecule has 1 amide bonds. The van der Waals surface area contributed by atoms with Gasteiger partial charge in [0.2, 0.25) is 0 Å². The molecule has 2 fully saturated rings. The van der Waals surface area contributed by atoms with Gasteiger partial charge in [0.05, 0.1) is 4.91 Å². The first-order valence-corrected chi connectivity index (χ1v) is 17.3. The first-order chi connectivity index (χ1) is 20.9. The minimum Gasteiger partial charge on any atom is -0.357 e. The van der Waals surface area contributed by atoms with Gasteiger partial charge in [0.1, 0.15) is 21.8 Å². The summed E-state index contributed by atoms with van der Waals surface area (Å²) in [4.78, 5) is 31.9. The van der Waals surface area contributed by atoms with E-state index in [1.54, 1.807) is 9.47 Å². The van der Waals surface area contributed by atoms with E-state index in [2.05, 4.69) is 55.1 Å². The van der Waals surface area contributed by atoms with E-state index in [9.17, 15) is 14.9 Å². The molecule has 2 aromatic rings. The summed E-state index contributed by atoms with van der Waals surface area (Å²) in [7, 11) is 0. The Balaban J connectivity index is 1.63. The summed E-state index contributed by atoms with van der Waals surface area (Å²) in [6, 6.07) is 12.8. The molecule has 2 saturated heterocycles. The molecule has 0 aliphatic carbocycles. The first-order valence-electron chi connectivity index (χ1n) is 16.1. The van der Waals surface area contributed by atoms with Crippen molar-refractivity contribution in [1.82, 2.24) is 9.47 Å². The van der Waals surface area contributed by atoms with Crippen LogP contribution in [0, 0.1) is 24.2 Å². The lowest BCUT2D eigenvalue weighted by molar-refractivity contribution is -0.122. The number of piperidine rings is 1. The topological polar surface area (TPSA) is 69.3 Å². The highest BCUT2D eigenvalue weighted by Gasteiger charge is 2.33. The summed E-state index contributed by atoms with van der Waals surface area (Å²) < 4.78 is 2.39. The molecule has 0 N–H and O–H groups in total. The fourth-order valence-electron chi connectivity index (χ4n) is 6.18. The second-order valence-electron chi connectivity index (χ2n) is 11.9. The lowest BCUT2D eigenvalue weighted by atomic mass is 9.90. The van der Waals surface area contributed by atoms with Crippen molar-refractivity contribution in [3.05, 3.63) is 67.8 Å². The van der Waals surface area contributed by atoms with Crippen LogP contribution in [0.3, 0.4) is 0 Å². The van der Waals surface area contributed by atoms with Gasteiger partial charge in [-0.05, 0) is 62.1 Å². The Bertz CT molecular complexity index is 1400. The van der Waals surface area contributed by atoms with Crippen molar-refractivity contribution in [1.29, 1.82) is 5.26 Å². The quantitative estimate of drug-likeness (QED) is 0.122. The Hall–Kier alpha value is -2.89. The second kappa shape index (κ2) is 16.3. The molecule has 0 unspecified atom stereocenters. The summed E-state index contributed by atoms with van der Waals surface area (Å²) in [6.07, 6.45) is 13.7. The van der Waals surface area contributed by atoms with Crippen molar-refractivity contribution in [2.45, 2.75) is 97.9 Å². The summed E-state index contributed by atoms with van der Waals surface area (Å²) in [6.45, 7) is 9.00. The largest absolute Gasteiger partial charge is 0.357 e. The first kappa shape index (κ1) is 33.0. The SMILES string of the molecule is CCCCCCCCN1C(=O)/C(=C\c2c(C)c(C#N)c(=O)n(CCCC)c2N2CCC(Cc3ccccc3)CC2)SC1=S. The zero-order valence-electron chi connectivity index (χ0n) is 26.1. The Morgan fingerprint density at radius 1 is 0.977 bits per heavy atom. The van der Waals surface area contributed by atoms with Crippen LogP contribution in [-0.4, -0.2) is 39.3 Å². The molecule has 230 valence electrons. The van der Waals surface area contributed by atoms with E-state index < -0.39 is 0 Å². The van der Waals surface area contributed by atoms with Crippen LogP contribution >= 0.6 is 24.0 Å². The fraction of sp³-hybridized carbons (Fsp3) is 0.543. The number of thioether (sulfide) groups is 1. The second-order valence-corrected chi connectivity index (χ2v) is 13.6. The fourth-order valence-corrected chi connectivity index (χ4v) is 7.47. The zero-order chi connectivity index (χ0) is 30.8. The number of pyridine rings is 1. The average Bonchev–Trinajstić information content (AvgIpc) is 3.28. The number of anilines is 1. The Morgan fingerprint density at radius 2 is 1.65 bits per heavy atom. The van der Waals surface area contributed by atoms with Crippen LogP contribution in [0.25, 0.3) is 6.08 Å². The maximum Gasteiger partial charge on any atom is 0.270 e. The number of carbonyl (C=O) groups is 1. The van der Waals surface area contributed by atoms with Crippen molar-refractivity contribution in [3.8, 4) is 6.07 Å². The van der Waals surface area contributed by atoms with Crippen molar-refractivity contribution in [2.24, 2.45) is 5.92 Å². The number of hydrogen-bond acceptors (Lipinski definition) is 6. The molecular weight excluding hydrogens is 573 g/mol. The number of hydrogen-bond donors (Lipinski definition) is 0. The number of thiocarbonyl (C=S) groups is 1. The van der Waals surface area contributed by atoms with Gasteiger partial charge in [-0.2, -0.15) is 5.26 Å². The summed E-state index contributed by atoms with van der Waals surface area (Å²) in [5, 5.41) is 10.0. The van der Waals surface area contributed by atoms with Crippen LogP contribution in [0.1, 0.15) is 100 Å². The summed E-state index contributed by atoms with van der Waals surface area (Å²) in [5.41, 5.74) is 2.73. The summed E-state index contributed by atoms with van der Waals surface area (Å²) >= 11 is 6.99. The highest BCUT2D eigenvalue weighted by molar-refractivity contribution is 8.26. The minimum absolute atomic E-state index is 0.0692. The predicted molar refractivity (Wildman–Crippen MR) is 183 cm³/mol. The molecule has 0 radical (unpaired) electrons. The van der Waals surface area contributed by atoms with Gasteiger partial charge in [-0.3, -0.25) is 19.1 Å². The van der Waals surface area contributed by atoms with Crippen LogP contribution in [-0.2, 0) is 17.8 Å². The number of carbonyl (C=O) groups excluding carboxylic acids is 1. The van der Waals surface area contributed by atoms with Crippen LogP contribution in [0.15, 0.2) is 40.0 Å². The maximum atomic E-state index is 13.7. The lowest BCUT2D eigenvalue weighted by Gasteiger charge is -2.36. The van der Waals surface area contributed by atoms with Gasteiger partial charge in [0.15, 0.2) is 0 Å². The molecule has 4 rings (SSSR count). The van der Waals surface area contributed by atoms with Crippen LogP contribution < -0.4 is 10.5 Å². The monoisotopic (exact) mass is 618 g/mol. The molecular formula is C35H46N4O2S2. The van der Waals surface area contributed by atoms with E-state index in [1.165, 1.54) is 43.0 Å². The Morgan fingerprint density at radius 3 is 2.33 bits per heavy atom. The van der Waals surface area contributed by atoms with Gasteiger partial charge >= 0.3 is 0 Å². The maximum absolute atomic E-state index is 13.7. The minimum atomic E-state index is -0.234. The van der Waals surface area contributed by atoms with Gasteiger partial charge in [-0.1, -0.05) is 107 Å². The van der Waals surface area contributed by atoms with Crippen molar-refractivity contribution in [3.63, 3.8) is 0 Å². The number of amides is 1. The highest BCUT2D eigenvalue weighted by atomic mass is 32.2. The lowest BCUT2D eigenvalue weighted by Crippen LogP contribution is -2.40. The third-order valence-electron chi connectivity index (χ3n) is 8.75. The van der Waals surface area contributed by atoms with E-state index in [0.717, 1.165) is 69.4 Å². The normalized spacial score (nSPS) is 16.8.